The van der Waals surface area contributed by atoms with Crippen LogP contribution in [-0.2, 0) is 28.8 Å². The van der Waals surface area contributed by atoms with E-state index < -0.39 is 71.1 Å². The van der Waals surface area contributed by atoms with Crippen LogP contribution in [0.15, 0.2) is 30.3 Å². The number of ketones is 1. The third-order valence-electron chi connectivity index (χ3n) is 13.2. The Bertz CT molecular complexity index is 1640. The fraction of sp³-hybridized carbons (Fsp3) is 0.690. The molecule has 5 fully saturated rings. The molecule has 3 aliphatic heterocycles. The van der Waals surface area contributed by atoms with E-state index in [-0.39, 0.29) is 47.1 Å². The maximum atomic E-state index is 14.7. The third kappa shape index (κ3) is 8.95. The number of nitrogens with zero attached hydrogens (tertiary/aromatic N) is 1. The topological polar surface area (TPSA) is 183 Å². The van der Waals surface area contributed by atoms with Crippen LogP contribution in [0.5, 0.6) is 0 Å². The van der Waals surface area contributed by atoms with Gasteiger partial charge in [-0.25, -0.2) is 0 Å². The van der Waals surface area contributed by atoms with Gasteiger partial charge in [0.25, 0.3) is 11.1 Å². The average Bonchev–Trinajstić information content (AvgIpc) is 3.88. The number of benzene rings is 1. The fourth-order valence-electron chi connectivity index (χ4n) is 10.0. The molecule has 0 aromatic heterocycles. The zero-order valence-corrected chi connectivity index (χ0v) is 34.1. The van der Waals surface area contributed by atoms with E-state index in [0.29, 0.717) is 12.8 Å². The number of hydrogen-bond acceptors (Lipinski definition) is 8. The van der Waals surface area contributed by atoms with Crippen molar-refractivity contribution >= 4 is 52.3 Å². The number of rotatable bonds is 14. The van der Waals surface area contributed by atoms with E-state index in [1.54, 1.807) is 11.8 Å². The van der Waals surface area contributed by atoms with Gasteiger partial charge in [0.1, 0.15) is 24.2 Å². The molecule has 3 unspecified atom stereocenters. The molecule has 0 radical (unpaired) electrons. The van der Waals surface area contributed by atoms with E-state index in [1.165, 1.54) is 0 Å². The molecule has 5 N–H and O–H groups in total. The van der Waals surface area contributed by atoms with Gasteiger partial charge in [0, 0.05) is 17.2 Å². The van der Waals surface area contributed by atoms with Crippen molar-refractivity contribution in [3.05, 3.63) is 35.9 Å². The van der Waals surface area contributed by atoms with Crippen molar-refractivity contribution in [2.75, 3.05) is 5.75 Å². The van der Waals surface area contributed by atoms with Gasteiger partial charge >= 0.3 is 0 Å². The first-order valence-electron chi connectivity index (χ1n) is 20.9. The number of Topliss-reactive ketones (excluding diaryl/α,β-unsaturated/α-hetero) is 1. The minimum Gasteiger partial charge on any atom is -0.344 e. The maximum absolute atomic E-state index is 14.7. The molecule has 3 saturated heterocycles. The van der Waals surface area contributed by atoms with Crippen molar-refractivity contribution in [3.8, 4) is 0 Å². The first-order chi connectivity index (χ1) is 26.8. The molecule has 3 heterocycles. The van der Waals surface area contributed by atoms with Gasteiger partial charge in [0.15, 0.2) is 0 Å². The molecular formula is C42H60N6O7S. The first kappa shape index (κ1) is 41.7. The van der Waals surface area contributed by atoms with Gasteiger partial charge in [-0.2, -0.15) is 0 Å². The second-order valence-corrected chi connectivity index (χ2v) is 18.3. The zero-order chi connectivity index (χ0) is 40.1. The number of fused-ring (bicyclic) bond motifs is 1. The Morgan fingerprint density at radius 2 is 1.55 bits per heavy atom. The van der Waals surface area contributed by atoms with Crippen molar-refractivity contribution in [3.63, 3.8) is 0 Å². The summed E-state index contributed by atoms with van der Waals surface area (Å²) in [6.07, 6.45) is 10.9. The van der Waals surface area contributed by atoms with Gasteiger partial charge in [-0.1, -0.05) is 121 Å². The van der Waals surface area contributed by atoms with Crippen molar-refractivity contribution < 1.29 is 33.6 Å². The minimum atomic E-state index is -1.06. The predicted octanol–water partition coefficient (Wildman–Crippen LogP) is 4.30. The second kappa shape index (κ2) is 18.1. The molecule has 1 aromatic carbocycles. The highest BCUT2D eigenvalue weighted by molar-refractivity contribution is 8.14. The van der Waals surface area contributed by atoms with E-state index in [1.807, 2.05) is 51.1 Å². The van der Waals surface area contributed by atoms with Crippen LogP contribution in [0.4, 0.5) is 4.79 Å². The fourth-order valence-corrected chi connectivity index (χ4v) is 10.8. The van der Waals surface area contributed by atoms with Crippen LogP contribution in [0.1, 0.15) is 123 Å². The molecule has 2 aliphatic carbocycles. The van der Waals surface area contributed by atoms with Gasteiger partial charge in [-0.15, -0.1) is 0 Å². The molecule has 14 heteroatoms. The van der Waals surface area contributed by atoms with Gasteiger partial charge in [0.2, 0.25) is 29.4 Å². The number of carbonyl (C=O) groups is 7. The summed E-state index contributed by atoms with van der Waals surface area (Å²) < 4.78 is 0. The monoisotopic (exact) mass is 792 g/mol. The standard InChI is InChI=1S/C42H60N6O7S/c1-5-15-29(34(49)39(53)43-24(2)25-16-9-6-10-17-25)44-38(52)33-28(26-18-11-7-12-19-26)22-31-42(3,4)35(40(54)48(31)33)47-37(51)32(27-20-13-8-14-21-27)46-36(50)30-23-56-41(55)45-30/h6,9-10,16-17,24,26-33,35H,5,7-8,11-15,18-23H2,1-4H3,(H,43,53)(H,44,52)(H,45,55)(H,46,50)(H,47,51)/t24-,28+,29?,30?,31?,32-,33-,35+/m0/s1. The molecule has 6 rings (SSSR count). The largest absolute Gasteiger partial charge is 0.344 e. The summed E-state index contributed by atoms with van der Waals surface area (Å²) >= 11 is 1.03. The molecule has 0 spiro atoms. The lowest BCUT2D eigenvalue weighted by molar-refractivity contribution is -0.143. The van der Waals surface area contributed by atoms with Crippen molar-refractivity contribution in [1.29, 1.82) is 0 Å². The van der Waals surface area contributed by atoms with E-state index >= 15 is 0 Å². The van der Waals surface area contributed by atoms with Crippen molar-refractivity contribution in [2.24, 2.45) is 23.2 Å². The lowest BCUT2D eigenvalue weighted by atomic mass is 9.72. The average molecular weight is 793 g/mol. The van der Waals surface area contributed by atoms with Gasteiger partial charge in [-0.3, -0.25) is 33.6 Å². The summed E-state index contributed by atoms with van der Waals surface area (Å²) in [5, 5.41) is 14.1. The number of carbonyl (C=O) groups excluding carboxylic acids is 7. The molecule has 0 bridgehead atoms. The SMILES string of the molecule is CCCC(NC(=O)[C@@H]1[C@@H](C2CCCCC2)CC2N1C(=O)[C@@H](NC(=O)[C@@H](NC(=O)C1CSC(=O)N1)C1CCCCC1)C2(C)C)C(=O)C(=O)N[C@@H](C)c1ccccc1. The van der Waals surface area contributed by atoms with Crippen LogP contribution in [-0.4, -0.2) is 87.5 Å². The molecule has 6 amide bonds. The Hall–Kier alpha value is -3.94. The normalized spacial score (nSPS) is 28.1. The molecule has 8 atom stereocenters. The van der Waals surface area contributed by atoms with E-state index in [4.69, 9.17) is 0 Å². The number of hydrogen-bond donors (Lipinski definition) is 5. The first-order valence-corrected chi connectivity index (χ1v) is 21.9. The summed E-state index contributed by atoms with van der Waals surface area (Å²) in [7, 11) is 0. The summed E-state index contributed by atoms with van der Waals surface area (Å²) in [4.78, 5) is 97.4. The van der Waals surface area contributed by atoms with Gasteiger partial charge < -0.3 is 31.5 Å². The highest BCUT2D eigenvalue weighted by atomic mass is 32.2. The molecule has 1 aromatic rings. The van der Waals surface area contributed by atoms with Crippen LogP contribution in [0.25, 0.3) is 0 Å². The van der Waals surface area contributed by atoms with Crippen LogP contribution in [0.2, 0.25) is 0 Å². The molecule has 13 nitrogen and oxygen atoms in total. The number of thioether (sulfide) groups is 1. The molecule has 306 valence electrons. The Labute approximate surface area is 334 Å². The highest BCUT2D eigenvalue weighted by Gasteiger charge is 2.63. The Morgan fingerprint density at radius 1 is 0.893 bits per heavy atom. The summed E-state index contributed by atoms with van der Waals surface area (Å²) in [5.74, 6) is -2.92. The van der Waals surface area contributed by atoms with Crippen LogP contribution >= 0.6 is 11.8 Å². The van der Waals surface area contributed by atoms with E-state index in [2.05, 4.69) is 26.6 Å². The third-order valence-corrected chi connectivity index (χ3v) is 14.1. The lowest BCUT2D eigenvalue weighted by Gasteiger charge is -2.36. The van der Waals surface area contributed by atoms with Crippen LogP contribution in [0, 0.1) is 23.2 Å². The smallest absolute Gasteiger partial charge is 0.290 e. The molecule has 2 saturated carbocycles. The Kier molecular flexibility index (Phi) is 13.5. The van der Waals surface area contributed by atoms with Crippen LogP contribution in [0.3, 0.4) is 0 Å². The summed E-state index contributed by atoms with van der Waals surface area (Å²) in [6.45, 7) is 7.61. The van der Waals surface area contributed by atoms with Gasteiger partial charge in [0.05, 0.1) is 12.1 Å². The van der Waals surface area contributed by atoms with Crippen molar-refractivity contribution in [1.82, 2.24) is 31.5 Å². The molecule has 5 aliphatic rings. The van der Waals surface area contributed by atoms with Crippen LogP contribution < -0.4 is 26.6 Å². The predicted molar refractivity (Wildman–Crippen MR) is 213 cm³/mol. The highest BCUT2D eigenvalue weighted by Crippen LogP contribution is 2.51. The summed E-state index contributed by atoms with van der Waals surface area (Å²) in [6, 6.07) is 4.07. The van der Waals surface area contributed by atoms with E-state index in [9.17, 15) is 33.6 Å². The van der Waals surface area contributed by atoms with Crippen molar-refractivity contribution in [2.45, 2.75) is 153 Å². The number of nitrogens with one attached hydrogen (secondary N) is 5. The quantitative estimate of drug-likeness (QED) is 0.173. The molecular weight excluding hydrogens is 733 g/mol. The number of amides is 6. The van der Waals surface area contributed by atoms with Gasteiger partial charge in [-0.05, 0) is 55.9 Å². The zero-order valence-electron chi connectivity index (χ0n) is 33.3. The summed E-state index contributed by atoms with van der Waals surface area (Å²) in [5.41, 5.74) is 0.0838. The maximum Gasteiger partial charge on any atom is 0.290 e. The second-order valence-electron chi connectivity index (χ2n) is 17.3. The lowest BCUT2D eigenvalue weighted by Crippen LogP contribution is -2.60. The Balaban J connectivity index is 1.21. The molecule has 56 heavy (non-hydrogen) atoms. The Morgan fingerprint density at radius 3 is 2.18 bits per heavy atom. The van der Waals surface area contributed by atoms with E-state index in [0.717, 1.165) is 81.5 Å². The minimum absolute atomic E-state index is 0.119.